The lowest BCUT2D eigenvalue weighted by atomic mass is 10.0. The van der Waals surface area contributed by atoms with E-state index in [4.69, 9.17) is 11.6 Å². The molecule has 0 atom stereocenters. The van der Waals surface area contributed by atoms with Gasteiger partial charge in [0.15, 0.2) is 0 Å². The second-order valence-corrected chi connectivity index (χ2v) is 3.76. The summed E-state index contributed by atoms with van der Waals surface area (Å²) in [6.07, 6.45) is 0. The Kier molecular flexibility index (Phi) is 2.55. The van der Waals surface area contributed by atoms with Gasteiger partial charge >= 0.3 is 0 Å². The van der Waals surface area contributed by atoms with E-state index in [0.29, 0.717) is 0 Å². The zero-order valence-electron chi connectivity index (χ0n) is 8.00. The molecule has 0 aromatic heterocycles. The fraction of sp³-hybridized carbons (Fsp3) is 0.0769. The third-order valence-electron chi connectivity index (χ3n) is 2.28. The number of benzene rings is 2. The molecule has 70 valence electrons. The molecule has 0 saturated heterocycles. The first kappa shape index (κ1) is 9.29. The summed E-state index contributed by atoms with van der Waals surface area (Å²) in [5.41, 5.74) is 3.69. The van der Waals surface area contributed by atoms with Gasteiger partial charge in [-0.05, 0) is 35.7 Å². The summed E-state index contributed by atoms with van der Waals surface area (Å²) < 4.78 is 0. The zero-order chi connectivity index (χ0) is 9.97. The standard InChI is InChI=1S/C13H11Cl/c1-10-5-2-3-8-13(10)11-6-4-7-12(14)9-11/h2-9H,1H3. The van der Waals surface area contributed by atoms with Crippen molar-refractivity contribution in [1.29, 1.82) is 0 Å². The highest BCUT2D eigenvalue weighted by atomic mass is 35.5. The molecule has 1 heteroatoms. The van der Waals surface area contributed by atoms with Crippen molar-refractivity contribution < 1.29 is 0 Å². The van der Waals surface area contributed by atoms with Crippen molar-refractivity contribution in [1.82, 2.24) is 0 Å². The maximum absolute atomic E-state index is 5.95. The van der Waals surface area contributed by atoms with E-state index in [1.807, 2.05) is 30.3 Å². The maximum atomic E-state index is 5.95. The van der Waals surface area contributed by atoms with Gasteiger partial charge in [0.25, 0.3) is 0 Å². The van der Waals surface area contributed by atoms with Crippen LogP contribution < -0.4 is 0 Å². The van der Waals surface area contributed by atoms with Gasteiger partial charge in [0.2, 0.25) is 0 Å². The van der Waals surface area contributed by atoms with E-state index in [-0.39, 0.29) is 0 Å². The molecule has 2 aromatic carbocycles. The lowest BCUT2D eigenvalue weighted by Crippen LogP contribution is -1.81. The van der Waals surface area contributed by atoms with Crippen molar-refractivity contribution >= 4 is 11.6 Å². The van der Waals surface area contributed by atoms with E-state index in [9.17, 15) is 0 Å². The summed E-state index contributed by atoms with van der Waals surface area (Å²) in [7, 11) is 0. The predicted octanol–water partition coefficient (Wildman–Crippen LogP) is 4.32. The summed E-state index contributed by atoms with van der Waals surface area (Å²) in [4.78, 5) is 0. The summed E-state index contributed by atoms with van der Waals surface area (Å²) in [5.74, 6) is 0. The molecule has 14 heavy (non-hydrogen) atoms. The average molecular weight is 203 g/mol. The molecule has 0 saturated carbocycles. The second kappa shape index (κ2) is 3.85. The number of aryl methyl sites for hydroxylation is 1. The average Bonchev–Trinajstić information content (AvgIpc) is 2.18. The van der Waals surface area contributed by atoms with Crippen LogP contribution in [0.5, 0.6) is 0 Å². The second-order valence-electron chi connectivity index (χ2n) is 3.33. The Bertz CT molecular complexity index is 446. The van der Waals surface area contributed by atoms with Crippen LogP contribution >= 0.6 is 11.6 Å². The molecule has 0 fully saturated rings. The Balaban J connectivity index is 2.55. The predicted molar refractivity (Wildman–Crippen MR) is 61.6 cm³/mol. The van der Waals surface area contributed by atoms with Gasteiger partial charge in [0.05, 0.1) is 0 Å². The van der Waals surface area contributed by atoms with Crippen molar-refractivity contribution in [3.63, 3.8) is 0 Å². The van der Waals surface area contributed by atoms with E-state index in [2.05, 4.69) is 25.1 Å². The summed E-state index contributed by atoms with van der Waals surface area (Å²) in [5, 5.41) is 0.783. The van der Waals surface area contributed by atoms with Crippen LogP contribution in [0.25, 0.3) is 11.1 Å². The molecule has 0 nitrogen and oxygen atoms in total. The van der Waals surface area contributed by atoms with E-state index in [1.54, 1.807) is 0 Å². The Morgan fingerprint density at radius 2 is 1.71 bits per heavy atom. The molecule has 0 radical (unpaired) electrons. The van der Waals surface area contributed by atoms with E-state index in [1.165, 1.54) is 16.7 Å². The fourth-order valence-electron chi connectivity index (χ4n) is 1.55. The summed E-state index contributed by atoms with van der Waals surface area (Å²) in [6, 6.07) is 16.2. The molecule has 0 amide bonds. The van der Waals surface area contributed by atoms with Crippen molar-refractivity contribution in [3.05, 3.63) is 59.1 Å². The van der Waals surface area contributed by atoms with Crippen LogP contribution in [0.3, 0.4) is 0 Å². The largest absolute Gasteiger partial charge is 0.0843 e. The molecule has 0 bridgehead atoms. The molecule has 0 aliphatic rings. The van der Waals surface area contributed by atoms with Gasteiger partial charge in [0, 0.05) is 5.02 Å². The minimum atomic E-state index is 0.783. The quantitative estimate of drug-likeness (QED) is 0.646. The van der Waals surface area contributed by atoms with Gasteiger partial charge in [-0.15, -0.1) is 0 Å². The van der Waals surface area contributed by atoms with Gasteiger partial charge in [0.1, 0.15) is 0 Å². The van der Waals surface area contributed by atoms with Crippen LogP contribution in [0.2, 0.25) is 5.02 Å². The van der Waals surface area contributed by atoms with E-state index < -0.39 is 0 Å². The van der Waals surface area contributed by atoms with Crippen LogP contribution in [0.4, 0.5) is 0 Å². The van der Waals surface area contributed by atoms with E-state index in [0.717, 1.165) is 5.02 Å². The monoisotopic (exact) mass is 202 g/mol. The van der Waals surface area contributed by atoms with Gasteiger partial charge in [-0.25, -0.2) is 0 Å². The normalized spacial score (nSPS) is 10.1. The first-order chi connectivity index (χ1) is 6.77. The van der Waals surface area contributed by atoms with Crippen molar-refractivity contribution in [3.8, 4) is 11.1 Å². The van der Waals surface area contributed by atoms with Gasteiger partial charge in [-0.3, -0.25) is 0 Å². The fourth-order valence-corrected chi connectivity index (χ4v) is 1.74. The highest BCUT2D eigenvalue weighted by Crippen LogP contribution is 2.25. The minimum Gasteiger partial charge on any atom is -0.0843 e. The van der Waals surface area contributed by atoms with Crippen molar-refractivity contribution in [2.75, 3.05) is 0 Å². The third kappa shape index (κ3) is 1.80. The van der Waals surface area contributed by atoms with Crippen LogP contribution in [-0.2, 0) is 0 Å². The first-order valence-electron chi connectivity index (χ1n) is 4.59. The lowest BCUT2D eigenvalue weighted by molar-refractivity contribution is 1.46. The van der Waals surface area contributed by atoms with Crippen molar-refractivity contribution in [2.45, 2.75) is 6.92 Å². The van der Waals surface area contributed by atoms with Crippen molar-refractivity contribution in [2.24, 2.45) is 0 Å². The van der Waals surface area contributed by atoms with Gasteiger partial charge < -0.3 is 0 Å². The van der Waals surface area contributed by atoms with Crippen LogP contribution in [-0.4, -0.2) is 0 Å². The molecule has 2 aromatic rings. The molecule has 0 N–H and O–H groups in total. The number of halogens is 1. The van der Waals surface area contributed by atoms with Crippen LogP contribution in [0, 0.1) is 6.92 Å². The zero-order valence-corrected chi connectivity index (χ0v) is 8.75. The Hall–Kier alpha value is -1.27. The molecule has 0 heterocycles. The Morgan fingerprint density at radius 1 is 0.929 bits per heavy atom. The van der Waals surface area contributed by atoms with Crippen LogP contribution in [0.1, 0.15) is 5.56 Å². The van der Waals surface area contributed by atoms with Gasteiger partial charge in [-0.1, -0.05) is 48.0 Å². The minimum absolute atomic E-state index is 0.783. The maximum Gasteiger partial charge on any atom is 0.0412 e. The first-order valence-corrected chi connectivity index (χ1v) is 4.97. The number of hydrogen-bond donors (Lipinski definition) is 0. The Morgan fingerprint density at radius 3 is 2.43 bits per heavy atom. The highest BCUT2D eigenvalue weighted by molar-refractivity contribution is 6.30. The molecule has 0 aliphatic heterocycles. The van der Waals surface area contributed by atoms with Gasteiger partial charge in [-0.2, -0.15) is 0 Å². The van der Waals surface area contributed by atoms with Crippen LogP contribution in [0.15, 0.2) is 48.5 Å². The summed E-state index contributed by atoms with van der Waals surface area (Å²) in [6.45, 7) is 2.11. The lowest BCUT2D eigenvalue weighted by Gasteiger charge is -2.05. The molecular formula is C13H11Cl. The topological polar surface area (TPSA) is 0 Å². The molecule has 0 spiro atoms. The third-order valence-corrected chi connectivity index (χ3v) is 2.52. The number of rotatable bonds is 1. The molecule has 0 aliphatic carbocycles. The summed E-state index contributed by atoms with van der Waals surface area (Å²) >= 11 is 5.95. The smallest absolute Gasteiger partial charge is 0.0412 e. The molecular weight excluding hydrogens is 192 g/mol. The Labute approximate surface area is 89.2 Å². The number of hydrogen-bond acceptors (Lipinski definition) is 0. The molecule has 0 unspecified atom stereocenters. The molecule has 2 rings (SSSR count). The SMILES string of the molecule is Cc1ccccc1-c1cccc(Cl)c1. The van der Waals surface area contributed by atoms with E-state index >= 15 is 0 Å². The highest BCUT2D eigenvalue weighted by Gasteiger charge is 2.00.